The van der Waals surface area contributed by atoms with Crippen LogP contribution in [0.2, 0.25) is 30.1 Å². The number of ether oxygens (including phenoxy) is 6. The van der Waals surface area contributed by atoms with Crippen LogP contribution in [0.3, 0.4) is 0 Å². The lowest BCUT2D eigenvalue weighted by molar-refractivity contribution is -0.127. The number of likely N-dealkylation sites (tertiary alicyclic amines) is 1. The number of hydrogen-bond acceptors (Lipinski definition) is 23. The van der Waals surface area contributed by atoms with Crippen molar-refractivity contribution < 1.29 is 42.8 Å². The van der Waals surface area contributed by atoms with Gasteiger partial charge in [0, 0.05) is 245 Å². The summed E-state index contributed by atoms with van der Waals surface area (Å²) in [5.74, 6) is 5.53. The molecule has 3 aliphatic rings. The molecule has 3 N–H and O–H groups in total. The number of piperidine rings is 1. The number of benzene rings is 4. The van der Waals surface area contributed by atoms with Crippen LogP contribution in [-0.2, 0) is 14.4 Å². The van der Waals surface area contributed by atoms with E-state index in [0.29, 0.717) is 179 Å². The number of aromatic nitrogens is 11. The molecule has 3 saturated heterocycles. The maximum atomic E-state index is 12.7. The number of carbonyl (C=O) groups excluding carboxylic acids is 3. The molecule has 3 fully saturated rings. The van der Waals surface area contributed by atoms with Gasteiger partial charge in [-0.25, -0.2) is 34.9 Å². The van der Waals surface area contributed by atoms with E-state index in [2.05, 4.69) is 66.0 Å². The Hall–Kier alpha value is -12.6. The van der Waals surface area contributed by atoms with E-state index in [1.807, 2.05) is 142 Å². The second-order valence-electron chi connectivity index (χ2n) is 30.3. The highest BCUT2D eigenvalue weighted by Gasteiger charge is 2.32. The Morgan fingerprint density at radius 2 is 0.890 bits per heavy atom. The molecule has 17 rings (SSSR count). The summed E-state index contributed by atoms with van der Waals surface area (Å²) >= 11 is 41.2. The smallest absolute Gasteiger partial charge is 0.246 e. The van der Waals surface area contributed by atoms with Crippen molar-refractivity contribution in [2.24, 2.45) is 0 Å². The number of anilines is 5. The zero-order valence-electron chi connectivity index (χ0n) is 71.7. The first-order chi connectivity index (χ1) is 61.5. The molecule has 0 unspecified atom stereocenters. The number of likely N-dealkylation sites (N-methyl/N-ethyl adjacent to an activating group) is 1. The molecular formula is C92H92Cl6N20O9. The molecule has 3 aliphatic heterocycles. The number of piperazine rings is 2. The van der Waals surface area contributed by atoms with Gasteiger partial charge in [-0.15, -0.1) is 0 Å². The highest BCUT2D eigenvalue weighted by molar-refractivity contribution is 6.43. The molecule has 0 spiro atoms. The zero-order valence-corrected chi connectivity index (χ0v) is 76.2. The van der Waals surface area contributed by atoms with E-state index in [4.69, 9.17) is 123 Å². The number of halogens is 6. The first-order valence-corrected chi connectivity index (χ1v) is 42.9. The van der Waals surface area contributed by atoms with Crippen molar-refractivity contribution in [3.63, 3.8) is 0 Å². The summed E-state index contributed by atoms with van der Waals surface area (Å²) in [6, 6.07) is 27.1. The molecule has 0 atom stereocenters. The van der Waals surface area contributed by atoms with Crippen LogP contribution in [0.5, 0.6) is 34.5 Å². The number of rotatable bonds is 22. The molecule has 35 heteroatoms. The van der Waals surface area contributed by atoms with Crippen molar-refractivity contribution in [3.8, 4) is 90.4 Å². The van der Waals surface area contributed by atoms with Crippen LogP contribution in [0.4, 0.5) is 29.1 Å². The lowest BCUT2D eigenvalue weighted by atomic mass is 9.94. The second-order valence-corrected chi connectivity index (χ2v) is 32.5. The Kier molecular flexibility index (Phi) is 27.2. The Morgan fingerprint density at radius 3 is 1.32 bits per heavy atom. The average Bonchev–Trinajstić information content (AvgIpc) is 1.64. The van der Waals surface area contributed by atoms with Gasteiger partial charge in [0.2, 0.25) is 23.7 Å². The van der Waals surface area contributed by atoms with Gasteiger partial charge in [-0.3, -0.25) is 27.6 Å². The fraction of sp³-hybridized carbons (Fsp3) is 0.272. The van der Waals surface area contributed by atoms with Crippen molar-refractivity contribution >= 4 is 166 Å². The van der Waals surface area contributed by atoms with E-state index in [1.54, 1.807) is 97.5 Å². The minimum atomic E-state index is -0.0470. The molecule has 14 aromatic rings. The number of nitrogens with one attached hydrogen (secondary N) is 3. The van der Waals surface area contributed by atoms with Crippen LogP contribution >= 0.6 is 69.6 Å². The van der Waals surface area contributed by atoms with Crippen molar-refractivity contribution in [2.75, 3.05) is 176 Å². The number of hydrogen-bond donors (Lipinski definition) is 3. The molecule has 4 aromatic carbocycles. The van der Waals surface area contributed by atoms with E-state index in [9.17, 15) is 14.4 Å². The minimum absolute atomic E-state index is 0.0355. The normalized spacial score (nSPS) is 13.8. The summed E-state index contributed by atoms with van der Waals surface area (Å²) in [4.78, 5) is 86.9. The quantitative estimate of drug-likeness (QED) is 0.0532. The maximum Gasteiger partial charge on any atom is 0.246 e. The molecule has 10 aromatic heterocycles. The van der Waals surface area contributed by atoms with Gasteiger partial charge in [0.15, 0.2) is 5.65 Å². The van der Waals surface area contributed by atoms with Crippen LogP contribution in [0.25, 0.3) is 106 Å². The number of fused-ring (bicyclic) bond motifs is 9. The van der Waals surface area contributed by atoms with Gasteiger partial charge in [-0.05, 0) is 81.6 Å². The highest BCUT2D eigenvalue weighted by atomic mass is 35.5. The van der Waals surface area contributed by atoms with Crippen LogP contribution in [0.1, 0.15) is 24.5 Å². The number of amides is 3. The summed E-state index contributed by atoms with van der Waals surface area (Å²) in [7, 11) is 18.7. The van der Waals surface area contributed by atoms with Crippen molar-refractivity contribution in [1.29, 1.82) is 0 Å². The minimum Gasteiger partial charge on any atom is -0.495 e. The molecular weight excluding hydrogens is 1740 g/mol. The number of imidazole rings is 3. The first kappa shape index (κ1) is 89.2. The zero-order chi connectivity index (χ0) is 89.8. The van der Waals surface area contributed by atoms with Gasteiger partial charge in [0.1, 0.15) is 68.9 Å². The van der Waals surface area contributed by atoms with Crippen molar-refractivity contribution in [3.05, 3.63) is 202 Å². The Morgan fingerprint density at radius 1 is 0.449 bits per heavy atom. The van der Waals surface area contributed by atoms with Crippen molar-refractivity contribution in [1.82, 2.24) is 72.7 Å². The molecule has 656 valence electrons. The number of pyridine rings is 6. The van der Waals surface area contributed by atoms with Crippen molar-refractivity contribution in [2.45, 2.75) is 18.8 Å². The number of carbonyl (C=O) groups is 3. The lowest BCUT2D eigenvalue weighted by Gasteiger charge is -2.35. The highest BCUT2D eigenvalue weighted by Crippen LogP contribution is 2.52. The maximum absolute atomic E-state index is 12.7. The number of methoxy groups -OCH3 is 6. The summed E-state index contributed by atoms with van der Waals surface area (Å²) in [6.07, 6.45) is 21.1. The topological polar surface area (TPSA) is 278 Å². The molecule has 13 heterocycles. The summed E-state index contributed by atoms with van der Waals surface area (Å²) in [5.41, 5.74) is 13.5. The summed E-state index contributed by atoms with van der Waals surface area (Å²) in [6.45, 7) is 14.6. The van der Waals surface area contributed by atoms with E-state index in [1.165, 1.54) is 12.2 Å². The van der Waals surface area contributed by atoms with Crippen LogP contribution in [-0.4, -0.2) is 240 Å². The van der Waals surface area contributed by atoms with Crippen LogP contribution in [0.15, 0.2) is 166 Å². The molecule has 0 radical (unpaired) electrons. The number of nitrogens with zero attached hydrogens (tertiary/aromatic N) is 17. The van der Waals surface area contributed by atoms with Gasteiger partial charge >= 0.3 is 0 Å². The monoisotopic (exact) mass is 1830 g/mol. The van der Waals surface area contributed by atoms with Gasteiger partial charge in [-0.1, -0.05) is 101 Å². The fourth-order valence-electron chi connectivity index (χ4n) is 16.0. The van der Waals surface area contributed by atoms with Gasteiger partial charge in [-0.2, -0.15) is 4.98 Å². The lowest BCUT2D eigenvalue weighted by Crippen LogP contribution is -2.48. The van der Waals surface area contributed by atoms with E-state index in [0.717, 1.165) is 111 Å². The predicted octanol–water partition coefficient (Wildman–Crippen LogP) is 17.4. The summed E-state index contributed by atoms with van der Waals surface area (Å²) < 4.78 is 39.3. The SMILES string of the molecule is C=CC(=O)N1CCN(c2ccc(-c3cn4c(n3)c(-c3c(Cl)c(OC)cc(OC)c3Cl)cc3cnc(NC)cc34)cn2)CC1.C=CC(=O)N1CCN(c2cccc(-c3cn4c(n3)c(-c3c(Cl)c(OC)cc(OC)c3Cl)cc3cnc(NC)cc34)c2)CC1.CNc1ncc2cc(-c3c(Cl)c(OC)cc(OC)c3Cl)c3nc(C4CCN(C(=O)/C=C/CN(C)C)CC4)cn3c2n1. The van der Waals surface area contributed by atoms with Gasteiger partial charge < -0.3 is 73.8 Å². The van der Waals surface area contributed by atoms with Gasteiger partial charge in [0.05, 0.1) is 101 Å². The molecule has 127 heavy (non-hydrogen) atoms. The Bertz CT molecular complexity index is 6540. The Labute approximate surface area is 763 Å². The van der Waals surface area contributed by atoms with Crippen LogP contribution in [0, 0.1) is 0 Å². The molecule has 0 bridgehead atoms. The van der Waals surface area contributed by atoms with E-state index >= 15 is 0 Å². The van der Waals surface area contributed by atoms with E-state index < -0.39 is 0 Å². The third-order valence-electron chi connectivity index (χ3n) is 22.8. The second kappa shape index (κ2) is 38.7. The van der Waals surface area contributed by atoms with Crippen LogP contribution < -0.4 is 54.2 Å². The predicted molar refractivity (Wildman–Crippen MR) is 506 cm³/mol. The Balaban J connectivity index is 0.000000147. The van der Waals surface area contributed by atoms with E-state index in [-0.39, 0.29) is 23.6 Å². The molecule has 29 nitrogen and oxygen atoms in total. The van der Waals surface area contributed by atoms with Gasteiger partial charge in [0.25, 0.3) is 0 Å². The summed E-state index contributed by atoms with van der Waals surface area (Å²) in [5, 5.41) is 13.9. The fourth-order valence-corrected chi connectivity index (χ4v) is 18.1. The first-order valence-electron chi connectivity index (χ1n) is 40.6. The molecule has 3 amide bonds. The molecule has 0 aliphatic carbocycles. The third kappa shape index (κ3) is 17.9. The average molecular weight is 1830 g/mol. The largest absolute Gasteiger partial charge is 0.495 e. The molecule has 0 saturated carbocycles. The standard InChI is InChI=1S/C32H30Cl2N6O3.C31H29Cl2N7O3.C29H33Cl2N7O3/c1-5-28(41)39-11-9-38(10-12-39)21-8-6-7-19(13-21)23-18-40-24-15-27(35-2)36-17-20(24)14-22(32(40)37-23)29-30(33)25(42-3)16-26(43-4)31(29)34;1-5-27(41)39-10-8-38(9-11-39)26-7-6-18(15-36-26)21-17-40-22-13-25(34-2)35-16-19(22)12-20(31(40)37-21)28-29(32)23(42-3)14-24(43-4)30(28)33;1-32-29-33-15-18-13-19(24-25(30)21(40-4)14-22(41-5)26(24)31)28-34-20(16-38(28)27(18)35-29)17-8-11-37(12-9-17)23(39)7-6-10-36(2)3/h5-8,13-18H,1,9-12H2,2-4H3,(H,35,36);5-7,12-17H,1,8-11H2,2-4H3,(H,34,35);6-7,13-17H,8-12H2,1-5H3,(H,32,33,35)/b;;7-6+. The third-order valence-corrected chi connectivity index (χ3v) is 25.0.